The molecule has 1 heterocycles. The first kappa shape index (κ1) is 13.7. The molecule has 1 aliphatic heterocycles. The molecule has 0 radical (unpaired) electrons. The van der Waals surface area contributed by atoms with E-state index in [0.717, 1.165) is 18.6 Å². The van der Waals surface area contributed by atoms with Crippen LogP contribution in [0.4, 0.5) is 14.5 Å². The number of halogens is 2. The molecule has 1 saturated heterocycles. The van der Waals surface area contributed by atoms with E-state index >= 15 is 0 Å². The lowest BCUT2D eigenvalue weighted by Crippen LogP contribution is -2.29. The Morgan fingerprint density at radius 1 is 1.42 bits per heavy atom. The van der Waals surface area contributed by atoms with Crippen LogP contribution in [0.25, 0.3) is 0 Å². The van der Waals surface area contributed by atoms with E-state index in [4.69, 9.17) is 10.8 Å². The summed E-state index contributed by atoms with van der Waals surface area (Å²) < 4.78 is 26.6. The van der Waals surface area contributed by atoms with Crippen LogP contribution in [0.15, 0.2) is 12.1 Å². The van der Waals surface area contributed by atoms with Crippen LogP contribution in [0.2, 0.25) is 0 Å². The van der Waals surface area contributed by atoms with Gasteiger partial charge in [0.05, 0.1) is 0 Å². The van der Waals surface area contributed by atoms with Gasteiger partial charge in [-0.1, -0.05) is 0 Å². The van der Waals surface area contributed by atoms with Crippen LogP contribution >= 0.6 is 0 Å². The van der Waals surface area contributed by atoms with Gasteiger partial charge < -0.3 is 15.7 Å². The predicted octanol–water partition coefficient (Wildman–Crippen LogP) is 1.39. The summed E-state index contributed by atoms with van der Waals surface area (Å²) in [6.07, 6.45) is 1.43. The maximum Gasteiger partial charge on any atom is 0.254 e. The second-order valence-corrected chi connectivity index (χ2v) is 4.77. The Morgan fingerprint density at radius 2 is 2.05 bits per heavy atom. The molecule has 1 fully saturated rings. The molecule has 1 aromatic rings. The number of aliphatic hydroxyl groups is 1. The van der Waals surface area contributed by atoms with Crippen molar-refractivity contribution in [3.8, 4) is 0 Å². The third kappa shape index (κ3) is 2.84. The van der Waals surface area contributed by atoms with Gasteiger partial charge in [-0.05, 0) is 30.9 Å². The Kier molecular flexibility index (Phi) is 3.99. The average molecular weight is 270 g/mol. The van der Waals surface area contributed by atoms with Crippen LogP contribution in [0.3, 0.4) is 0 Å². The summed E-state index contributed by atoms with van der Waals surface area (Å²) >= 11 is 0. The molecule has 0 bridgehead atoms. The number of nitrogens with zero attached hydrogens (tertiary/aromatic N) is 1. The van der Waals surface area contributed by atoms with Gasteiger partial charge >= 0.3 is 0 Å². The zero-order valence-electron chi connectivity index (χ0n) is 10.4. The number of hydrogen-bond acceptors (Lipinski definition) is 3. The zero-order chi connectivity index (χ0) is 14.0. The van der Waals surface area contributed by atoms with E-state index in [2.05, 4.69) is 0 Å². The van der Waals surface area contributed by atoms with Gasteiger partial charge in [-0.3, -0.25) is 4.79 Å². The minimum absolute atomic E-state index is 0.0335. The molecule has 4 nitrogen and oxygen atoms in total. The minimum Gasteiger partial charge on any atom is -0.396 e. The normalized spacial score (nSPS) is 18.9. The number of hydrogen-bond donors (Lipinski definition) is 2. The van der Waals surface area contributed by atoms with Gasteiger partial charge in [-0.15, -0.1) is 0 Å². The maximum atomic E-state index is 13.3. The minimum atomic E-state index is -0.922. The molecule has 0 aliphatic carbocycles. The van der Waals surface area contributed by atoms with Crippen molar-refractivity contribution in [3.05, 3.63) is 29.3 Å². The summed E-state index contributed by atoms with van der Waals surface area (Å²) in [7, 11) is 0. The molecule has 2 rings (SSSR count). The second-order valence-electron chi connectivity index (χ2n) is 4.77. The SMILES string of the molecule is Nc1c(F)cc(C(=O)N2CCC(CCO)C2)cc1F. The van der Waals surface area contributed by atoms with Gasteiger partial charge in [0.2, 0.25) is 0 Å². The van der Waals surface area contributed by atoms with Gasteiger partial charge in [0.15, 0.2) is 0 Å². The van der Waals surface area contributed by atoms with E-state index in [1.54, 1.807) is 4.90 Å². The summed E-state index contributed by atoms with van der Waals surface area (Å²) in [4.78, 5) is 13.6. The van der Waals surface area contributed by atoms with Crippen LogP contribution in [-0.2, 0) is 0 Å². The quantitative estimate of drug-likeness (QED) is 0.816. The highest BCUT2D eigenvalue weighted by Gasteiger charge is 2.27. The molecule has 1 aliphatic rings. The Morgan fingerprint density at radius 3 is 2.63 bits per heavy atom. The molecule has 0 spiro atoms. The molecule has 0 saturated carbocycles. The number of likely N-dealkylation sites (tertiary alicyclic amines) is 1. The van der Waals surface area contributed by atoms with Gasteiger partial charge in [0, 0.05) is 25.3 Å². The third-order valence-electron chi connectivity index (χ3n) is 3.44. The van der Waals surface area contributed by atoms with E-state index in [0.29, 0.717) is 19.5 Å². The summed E-state index contributed by atoms with van der Waals surface area (Å²) in [5.41, 5.74) is 4.56. The fourth-order valence-corrected chi connectivity index (χ4v) is 2.33. The molecular weight excluding hydrogens is 254 g/mol. The van der Waals surface area contributed by atoms with E-state index in [1.165, 1.54) is 0 Å². The first-order valence-electron chi connectivity index (χ1n) is 6.17. The van der Waals surface area contributed by atoms with Crippen LogP contribution in [0.5, 0.6) is 0 Å². The van der Waals surface area contributed by atoms with Gasteiger partial charge in [-0.25, -0.2) is 8.78 Å². The highest BCUT2D eigenvalue weighted by Crippen LogP contribution is 2.23. The van der Waals surface area contributed by atoms with E-state index in [-0.39, 0.29) is 18.1 Å². The van der Waals surface area contributed by atoms with E-state index < -0.39 is 23.2 Å². The fourth-order valence-electron chi connectivity index (χ4n) is 2.33. The highest BCUT2D eigenvalue weighted by atomic mass is 19.1. The molecule has 6 heteroatoms. The molecule has 1 amide bonds. The number of carbonyl (C=O) groups is 1. The maximum absolute atomic E-state index is 13.3. The van der Waals surface area contributed by atoms with Crippen molar-refractivity contribution in [1.29, 1.82) is 0 Å². The van der Waals surface area contributed by atoms with Crippen molar-refractivity contribution in [2.45, 2.75) is 12.8 Å². The molecule has 1 aromatic carbocycles. The van der Waals surface area contributed by atoms with Crippen molar-refractivity contribution >= 4 is 11.6 Å². The predicted molar refractivity (Wildman–Crippen MR) is 66.5 cm³/mol. The third-order valence-corrected chi connectivity index (χ3v) is 3.44. The summed E-state index contributed by atoms with van der Waals surface area (Å²) in [6.45, 7) is 1.13. The standard InChI is InChI=1S/C13H16F2N2O2/c14-10-5-9(6-11(15)12(10)16)13(19)17-3-1-8(7-17)2-4-18/h5-6,8,18H,1-4,7,16H2. The lowest BCUT2D eigenvalue weighted by atomic mass is 10.1. The van der Waals surface area contributed by atoms with Gasteiger partial charge in [0.1, 0.15) is 17.3 Å². The number of nitrogen functional groups attached to an aromatic ring is 1. The van der Waals surface area contributed by atoms with Crippen molar-refractivity contribution < 1.29 is 18.7 Å². The Labute approximate surface area is 109 Å². The Balaban J connectivity index is 2.13. The van der Waals surface area contributed by atoms with E-state index in [9.17, 15) is 13.6 Å². The lowest BCUT2D eigenvalue weighted by Gasteiger charge is -2.17. The number of carbonyl (C=O) groups excluding carboxylic acids is 1. The summed E-state index contributed by atoms with van der Waals surface area (Å²) in [5.74, 6) is -2.00. The number of benzene rings is 1. The molecule has 3 N–H and O–H groups in total. The lowest BCUT2D eigenvalue weighted by molar-refractivity contribution is 0.0784. The van der Waals surface area contributed by atoms with Crippen molar-refractivity contribution in [1.82, 2.24) is 4.90 Å². The largest absolute Gasteiger partial charge is 0.396 e. The first-order chi connectivity index (χ1) is 9.02. The van der Waals surface area contributed by atoms with E-state index in [1.807, 2.05) is 0 Å². The van der Waals surface area contributed by atoms with Crippen molar-refractivity contribution in [2.24, 2.45) is 5.92 Å². The summed E-state index contributed by atoms with van der Waals surface area (Å²) in [5, 5.41) is 8.86. The fraction of sp³-hybridized carbons (Fsp3) is 0.462. The number of anilines is 1. The molecule has 104 valence electrons. The van der Waals surface area contributed by atoms with Crippen LogP contribution in [0, 0.1) is 17.6 Å². The molecular formula is C13H16F2N2O2. The topological polar surface area (TPSA) is 66.6 Å². The molecule has 1 unspecified atom stereocenters. The van der Waals surface area contributed by atoms with Crippen LogP contribution < -0.4 is 5.73 Å². The number of amides is 1. The van der Waals surface area contributed by atoms with Gasteiger partial charge in [-0.2, -0.15) is 0 Å². The van der Waals surface area contributed by atoms with Crippen molar-refractivity contribution in [2.75, 3.05) is 25.4 Å². The Bertz CT molecular complexity index is 471. The van der Waals surface area contributed by atoms with Crippen LogP contribution in [0.1, 0.15) is 23.2 Å². The monoisotopic (exact) mass is 270 g/mol. The molecule has 1 atom stereocenters. The smallest absolute Gasteiger partial charge is 0.254 e. The second kappa shape index (κ2) is 5.52. The van der Waals surface area contributed by atoms with Crippen LogP contribution in [-0.4, -0.2) is 35.6 Å². The number of nitrogens with two attached hydrogens (primary N) is 1. The van der Waals surface area contributed by atoms with Crippen molar-refractivity contribution in [3.63, 3.8) is 0 Å². The highest BCUT2D eigenvalue weighted by molar-refractivity contribution is 5.94. The molecule has 19 heavy (non-hydrogen) atoms. The zero-order valence-corrected chi connectivity index (χ0v) is 10.4. The first-order valence-corrected chi connectivity index (χ1v) is 6.17. The average Bonchev–Trinajstić information content (AvgIpc) is 2.83. The molecule has 0 aromatic heterocycles. The van der Waals surface area contributed by atoms with Gasteiger partial charge in [0.25, 0.3) is 5.91 Å². The number of rotatable bonds is 3. The number of aliphatic hydroxyl groups excluding tert-OH is 1. The Hall–Kier alpha value is -1.69. The summed E-state index contributed by atoms with van der Waals surface area (Å²) in [6, 6.07) is 1.92.